The summed E-state index contributed by atoms with van der Waals surface area (Å²) in [7, 11) is 0. The summed E-state index contributed by atoms with van der Waals surface area (Å²) in [6, 6.07) is 8.54. The molecule has 1 aliphatic carbocycles. The number of rotatable bonds is 5. The number of fused-ring (bicyclic) bond motifs is 1. The molecule has 1 saturated carbocycles. The van der Waals surface area contributed by atoms with Gasteiger partial charge in [0.15, 0.2) is 0 Å². The highest BCUT2D eigenvalue weighted by Gasteiger charge is 2.28. The van der Waals surface area contributed by atoms with Crippen molar-refractivity contribution >= 4 is 22.7 Å². The van der Waals surface area contributed by atoms with Crippen molar-refractivity contribution in [1.29, 1.82) is 0 Å². The van der Waals surface area contributed by atoms with Gasteiger partial charge in [-0.2, -0.15) is 0 Å². The zero-order valence-corrected chi connectivity index (χ0v) is 15.5. The van der Waals surface area contributed by atoms with Crippen molar-refractivity contribution in [2.45, 2.75) is 37.0 Å². The standard InChI is InChI=1S/C21H23N3OS/c1-2-19(1)26-24-9-5-18(6-10-24)25-21-12-17(16-4-8-22-13-16)11-15-3-7-23-14-20(15)21/h3-4,7-8,11-14,18-19,22H,1-2,5-6,9-10H2. The number of H-pyrrole nitrogens is 1. The molecule has 4 nitrogen and oxygen atoms in total. The highest BCUT2D eigenvalue weighted by Crippen LogP contribution is 2.38. The van der Waals surface area contributed by atoms with Crippen molar-refractivity contribution in [2.24, 2.45) is 0 Å². The van der Waals surface area contributed by atoms with Crippen LogP contribution in [0.3, 0.4) is 0 Å². The average Bonchev–Trinajstić information content (AvgIpc) is 3.31. The Kier molecular flexibility index (Phi) is 4.35. The van der Waals surface area contributed by atoms with Crippen molar-refractivity contribution in [3.05, 3.63) is 49.1 Å². The van der Waals surface area contributed by atoms with Gasteiger partial charge in [0.1, 0.15) is 11.9 Å². The van der Waals surface area contributed by atoms with Crippen LogP contribution in [-0.4, -0.2) is 38.7 Å². The number of pyridine rings is 1. The number of benzene rings is 1. The third kappa shape index (κ3) is 3.46. The zero-order chi connectivity index (χ0) is 17.3. The Bertz CT molecular complexity index is 883. The SMILES string of the molecule is c1cc2cc(-c3cc[nH]c3)cc(OC3CCN(SC4CC4)CC3)c2cn1. The lowest BCUT2D eigenvalue weighted by Crippen LogP contribution is -2.34. The smallest absolute Gasteiger partial charge is 0.129 e. The van der Waals surface area contributed by atoms with Crippen LogP contribution in [0.5, 0.6) is 5.75 Å². The highest BCUT2D eigenvalue weighted by atomic mass is 32.2. The summed E-state index contributed by atoms with van der Waals surface area (Å²) in [4.78, 5) is 7.45. The molecule has 2 aromatic heterocycles. The molecule has 0 radical (unpaired) electrons. The zero-order valence-electron chi connectivity index (χ0n) is 14.7. The van der Waals surface area contributed by atoms with E-state index in [1.54, 1.807) is 0 Å². The summed E-state index contributed by atoms with van der Waals surface area (Å²) in [6.07, 6.45) is 13.0. The second-order valence-corrected chi connectivity index (χ2v) is 8.62. The van der Waals surface area contributed by atoms with Crippen molar-refractivity contribution in [1.82, 2.24) is 14.3 Å². The van der Waals surface area contributed by atoms with Crippen LogP contribution >= 0.6 is 11.9 Å². The quantitative estimate of drug-likeness (QED) is 0.654. The van der Waals surface area contributed by atoms with Gasteiger partial charge in [0.05, 0.1) is 0 Å². The summed E-state index contributed by atoms with van der Waals surface area (Å²) in [5, 5.41) is 3.16. The van der Waals surface area contributed by atoms with Crippen LogP contribution in [0.1, 0.15) is 25.7 Å². The minimum atomic E-state index is 0.288. The van der Waals surface area contributed by atoms with Crippen molar-refractivity contribution in [3.8, 4) is 16.9 Å². The van der Waals surface area contributed by atoms with E-state index < -0.39 is 0 Å². The number of aromatic amines is 1. The maximum atomic E-state index is 6.49. The number of nitrogens with one attached hydrogen (secondary N) is 1. The van der Waals surface area contributed by atoms with E-state index in [4.69, 9.17) is 4.74 Å². The van der Waals surface area contributed by atoms with Crippen molar-refractivity contribution < 1.29 is 4.74 Å². The minimum Gasteiger partial charge on any atom is -0.490 e. The van der Waals surface area contributed by atoms with Crippen LogP contribution in [0.25, 0.3) is 21.9 Å². The predicted octanol–water partition coefficient (Wildman–Crippen LogP) is 4.88. The largest absolute Gasteiger partial charge is 0.490 e. The molecule has 0 atom stereocenters. The van der Waals surface area contributed by atoms with Crippen molar-refractivity contribution in [3.63, 3.8) is 0 Å². The van der Waals surface area contributed by atoms with E-state index in [0.717, 1.165) is 42.3 Å². The molecule has 3 aromatic rings. The molecule has 26 heavy (non-hydrogen) atoms. The minimum absolute atomic E-state index is 0.288. The van der Waals surface area contributed by atoms with Crippen LogP contribution in [0, 0.1) is 0 Å². The normalized spacial score (nSPS) is 19.1. The molecule has 1 aromatic carbocycles. The van der Waals surface area contributed by atoms with E-state index in [1.165, 1.54) is 29.4 Å². The first-order valence-corrected chi connectivity index (χ1v) is 10.3. The summed E-state index contributed by atoms with van der Waals surface area (Å²) in [5.41, 5.74) is 2.37. The van der Waals surface area contributed by atoms with Gasteiger partial charge in [-0.1, -0.05) is 11.9 Å². The number of hydrogen-bond acceptors (Lipinski definition) is 4. The van der Waals surface area contributed by atoms with E-state index in [-0.39, 0.29) is 6.10 Å². The third-order valence-corrected chi connectivity index (χ3v) is 6.60. The lowest BCUT2D eigenvalue weighted by Gasteiger charge is -2.31. The van der Waals surface area contributed by atoms with E-state index in [0.29, 0.717) is 0 Å². The van der Waals surface area contributed by atoms with E-state index in [9.17, 15) is 0 Å². The molecule has 2 aliphatic rings. The Morgan fingerprint density at radius 2 is 1.96 bits per heavy atom. The fourth-order valence-corrected chi connectivity index (χ4v) is 4.74. The fraction of sp³-hybridized carbons (Fsp3) is 0.381. The summed E-state index contributed by atoms with van der Waals surface area (Å²) in [5.74, 6) is 0.958. The van der Waals surface area contributed by atoms with Gasteiger partial charge in [0.25, 0.3) is 0 Å². The predicted molar refractivity (Wildman–Crippen MR) is 107 cm³/mol. The maximum absolute atomic E-state index is 6.49. The second-order valence-electron chi connectivity index (χ2n) is 7.22. The molecule has 1 saturated heterocycles. The molecule has 5 rings (SSSR count). The topological polar surface area (TPSA) is 41.1 Å². The van der Waals surface area contributed by atoms with E-state index in [2.05, 4.69) is 50.5 Å². The van der Waals surface area contributed by atoms with Gasteiger partial charge in [0.2, 0.25) is 0 Å². The molecular formula is C21H23N3OS. The lowest BCUT2D eigenvalue weighted by atomic mass is 10.0. The van der Waals surface area contributed by atoms with Crippen LogP contribution in [0.4, 0.5) is 0 Å². The maximum Gasteiger partial charge on any atom is 0.129 e. The van der Waals surface area contributed by atoms with Crippen LogP contribution < -0.4 is 4.74 Å². The Balaban J connectivity index is 1.37. The summed E-state index contributed by atoms with van der Waals surface area (Å²) in [6.45, 7) is 2.25. The molecule has 1 aliphatic heterocycles. The summed E-state index contributed by atoms with van der Waals surface area (Å²) < 4.78 is 9.03. The molecule has 0 spiro atoms. The molecule has 0 amide bonds. The van der Waals surface area contributed by atoms with Gasteiger partial charge in [-0.25, -0.2) is 0 Å². The molecule has 134 valence electrons. The van der Waals surface area contributed by atoms with Gasteiger partial charge in [-0.3, -0.25) is 9.29 Å². The van der Waals surface area contributed by atoms with E-state index in [1.807, 2.05) is 24.8 Å². The lowest BCUT2D eigenvalue weighted by molar-refractivity contribution is 0.141. The van der Waals surface area contributed by atoms with Gasteiger partial charge >= 0.3 is 0 Å². The fourth-order valence-electron chi connectivity index (χ4n) is 3.55. The molecule has 3 heterocycles. The number of hydrogen-bond donors (Lipinski definition) is 1. The summed E-state index contributed by atoms with van der Waals surface area (Å²) >= 11 is 2.06. The molecule has 1 N–H and O–H groups in total. The second kappa shape index (κ2) is 6.97. The average molecular weight is 366 g/mol. The monoisotopic (exact) mass is 365 g/mol. The van der Waals surface area contributed by atoms with Crippen LogP contribution in [0.15, 0.2) is 49.1 Å². The van der Waals surface area contributed by atoms with Gasteiger partial charge < -0.3 is 9.72 Å². The molecule has 5 heteroatoms. The third-order valence-electron chi connectivity index (χ3n) is 5.17. The Labute approximate surface area is 158 Å². The Morgan fingerprint density at radius 3 is 2.73 bits per heavy atom. The number of ether oxygens (including phenoxy) is 1. The molecule has 0 unspecified atom stereocenters. The number of piperidine rings is 1. The molecule has 0 bridgehead atoms. The first kappa shape index (κ1) is 16.2. The first-order valence-electron chi connectivity index (χ1n) is 9.44. The molecule has 2 fully saturated rings. The van der Waals surface area contributed by atoms with Gasteiger partial charge in [0, 0.05) is 48.5 Å². The van der Waals surface area contributed by atoms with Gasteiger partial charge in [-0.05, 0) is 66.5 Å². The molecular weight excluding hydrogens is 342 g/mol. The Morgan fingerprint density at radius 1 is 1.08 bits per heavy atom. The van der Waals surface area contributed by atoms with E-state index >= 15 is 0 Å². The van der Waals surface area contributed by atoms with Crippen LogP contribution in [0.2, 0.25) is 0 Å². The first-order chi connectivity index (χ1) is 12.8. The number of aromatic nitrogens is 2. The Hall–Kier alpha value is -1.98. The van der Waals surface area contributed by atoms with Crippen LogP contribution in [-0.2, 0) is 0 Å². The van der Waals surface area contributed by atoms with Gasteiger partial charge in [-0.15, -0.1) is 0 Å². The van der Waals surface area contributed by atoms with Crippen molar-refractivity contribution in [2.75, 3.05) is 13.1 Å². The highest BCUT2D eigenvalue weighted by molar-refractivity contribution is 7.97. The number of nitrogens with zero attached hydrogens (tertiary/aromatic N) is 2.